The largest absolute Gasteiger partial charge is 0.0845 e. The zero-order chi connectivity index (χ0) is 11.9. The Kier molecular flexibility index (Phi) is 14.0. The zero-order valence-electron chi connectivity index (χ0n) is 11.4. The van der Waals surface area contributed by atoms with Gasteiger partial charge in [-0.25, -0.2) is 0 Å². The van der Waals surface area contributed by atoms with Crippen LogP contribution in [0.5, 0.6) is 0 Å². The molecule has 0 radical (unpaired) electrons. The molecule has 0 saturated heterocycles. The first-order valence-corrected chi connectivity index (χ1v) is 7.23. The van der Waals surface area contributed by atoms with Crippen molar-refractivity contribution >= 4 is 0 Å². The highest BCUT2D eigenvalue weighted by Crippen LogP contribution is 2.05. The number of unbranched alkanes of at least 4 members (excludes halogenated alkanes) is 8. The van der Waals surface area contributed by atoms with E-state index in [1.165, 1.54) is 64.2 Å². The molecule has 0 unspecified atom stereocenters. The summed E-state index contributed by atoms with van der Waals surface area (Å²) in [5.41, 5.74) is 0. The molecule has 0 N–H and O–H groups in total. The van der Waals surface area contributed by atoms with E-state index >= 15 is 0 Å². The highest BCUT2D eigenvalue weighted by Gasteiger charge is 1.85. The highest BCUT2D eigenvalue weighted by molar-refractivity contribution is 5.02. The monoisotopic (exact) mass is 222 g/mol. The zero-order valence-corrected chi connectivity index (χ0v) is 11.4. The molecule has 0 heteroatoms. The molecule has 0 amide bonds. The fourth-order valence-corrected chi connectivity index (χ4v) is 1.73. The van der Waals surface area contributed by atoms with Crippen LogP contribution in [0.25, 0.3) is 0 Å². The van der Waals surface area contributed by atoms with Gasteiger partial charge in [-0.2, -0.15) is 0 Å². The van der Waals surface area contributed by atoms with E-state index in [1.807, 2.05) is 0 Å². The summed E-state index contributed by atoms with van der Waals surface area (Å²) >= 11 is 0. The summed E-state index contributed by atoms with van der Waals surface area (Å²) in [6.07, 6.45) is 22.5. The van der Waals surface area contributed by atoms with E-state index in [9.17, 15) is 0 Å². The fourth-order valence-electron chi connectivity index (χ4n) is 1.73. The molecule has 0 atom stereocenters. The van der Waals surface area contributed by atoms with E-state index in [0.29, 0.717) is 0 Å². The third kappa shape index (κ3) is 13.5. The molecule has 0 saturated carbocycles. The first-order valence-electron chi connectivity index (χ1n) is 7.23. The van der Waals surface area contributed by atoms with Gasteiger partial charge in [0.05, 0.1) is 0 Å². The summed E-state index contributed by atoms with van der Waals surface area (Å²) in [6.45, 7) is 4.52. The Morgan fingerprint density at radius 1 is 0.562 bits per heavy atom. The van der Waals surface area contributed by atoms with Crippen LogP contribution in [0.4, 0.5) is 0 Å². The van der Waals surface area contributed by atoms with Gasteiger partial charge in [-0.1, -0.05) is 76.7 Å². The van der Waals surface area contributed by atoms with Crippen LogP contribution in [-0.4, -0.2) is 0 Å². The normalized spacial score (nSPS) is 11.9. The predicted octanol–water partition coefficient (Wildman–Crippen LogP) is 6.04. The second-order valence-electron chi connectivity index (χ2n) is 4.55. The predicted molar refractivity (Wildman–Crippen MR) is 75.8 cm³/mol. The van der Waals surface area contributed by atoms with Gasteiger partial charge >= 0.3 is 0 Å². The van der Waals surface area contributed by atoms with Crippen LogP contribution in [0.15, 0.2) is 24.3 Å². The Bertz CT molecular complexity index is 165. The van der Waals surface area contributed by atoms with E-state index in [4.69, 9.17) is 0 Å². The fraction of sp³-hybridized carbons (Fsp3) is 0.750. The van der Waals surface area contributed by atoms with Crippen molar-refractivity contribution in [3.8, 4) is 0 Å². The van der Waals surface area contributed by atoms with E-state index in [2.05, 4.69) is 38.2 Å². The number of rotatable bonds is 11. The molecule has 0 aromatic carbocycles. The minimum Gasteiger partial charge on any atom is -0.0845 e. The van der Waals surface area contributed by atoms with Gasteiger partial charge in [0.1, 0.15) is 0 Å². The van der Waals surface area contributed by atoms with Crippen LogP contribution < -0.4 is 0 Å². The van der Waals surface area contributed by atoms with Crippen molar-refractivity contribution in [2.45, 2.75) is 78.1 Å². The van der Waals surface area contributed by atoms with Gasteiger partial charge in [0.15, 0.2) is 0 Å². The van der Waals surface area contributed by atoms with Crippen LogP contribution >= 0.6 is 0 Å². The summed E-state index contributed by atoms with van der Waals surface area (Å²) in [4.78, 5) is 0. The maximum atomic E-state index is 2.31. The second kappa shape index (κ2) is 14.5. The lowest BCUT2D eigenvalue weighted by Gasteiger charge is -1.95. The summed E-state index contributed by atoms with van der Waals surface area (Å²) < 4.78 is 0. The SMILES string of the molecule is CCCCC/C=C/C=C/CCCCCCC. The molecular formula is C16H30. The van der Waals surface area contributed by atoms with Gasteiger partial charge in [-0.05, 0) is 25.7 Å². The average molecular weight is 222 g/mol. The Balaban J connectivity index is 3.14. The molecule has 0 aliphatic heterocycles. The third-order valence-electron chi connectivity index (χ3n) is 2.83. The average Bonchev–Trinajstić information content (AvgIpc) is 2.31. The first kappa shape index (κ1) is 15.5. The molecule has 0 aromatic rings. The lowest BCUT2D eigenvalue weighted by Crippen LogP contribution is -1.75. The molecule has 0 aliphatic carbocycles. The molecule has 0 fully saturated rings. The minimum atomic E-state index is 1.24. The summed E-state index contributed by atoms with van der Waals surface area (Å²) in [5, 5.41) is 0. The number of hydrogen-bond acceptors (Lipinski definition) is 0. The smallest absolute Gasteiger partial charge is 0.0348 e. The number of hydrogen-bond donors (Lipinski definition) is 0. The van der Waals surface area contributed by atoms with E-state index in [-0.39, 0.29) is 0 Å². The van der Waals surface area contributed by atoms with Crippen molar-refractivity contribution in [1.82, 2.24) is 0 Å². The molecule has 0 heterocycles. The van der Waals surface area contributed by atoms with Gasteiger partial charge in [0, 0.05) is 0 Å². The minimum absolute atomic E-state index is 1.24. The van der Waals surface area contributed by atoms with Crippen molar-refractivity contribution < 1.29 is 0 Å². The van der Waals surface area contributed by atoms with Gasteiger partial charge in [0.2, 0.25) is 0 Å². The van der Waals surface area contributed by atoms with Crippen molar-refractivity contribution in [3.05, 3.63) is 24.3 Å². The van der Waals surface area contributed by atoms with Gasteiger partial charge in [-0.3, -0.25) is 0 Å². The summed E-state index contributed by atoms with van der Waals surface area (Å²) in [5.74, 6) is 0. The molecule has 16 heavy (non-hydrogen) atoms. The van der Waals surface area contributed by atoms with E-state index < -0.39 is 0 Å². The topological polar surface area (TPSA) is 0 Å². The third-order valence-corrected chi connectivity index (χ3v) is 2.83. The van der Waals surface area contributed by atoms with Crippen LogP contribution in [-0.2, 0) is 0 Å². The number of allylic oxidation sites excluding steroid dienone is 4. The molecular weight excluding hydrogens is 192 g/mol. The van der Waals surface area contributed by atoms with Crippen molar-refractivity contribution in [2.24, 2.45) is 0 Å². The molecule has 0 nitrogen and oxygen atoms in total. The van der Waals surface area contributed by atoms with Crippen molar-refractivity contribution in [3.63, 3.8) is 0 Å². The molecule has 0 aliphatic rings. The van der Waals surface area contributed by atoms with Crippen molar-refractivity contribution in [1.29, 1.82) is 0 Å². The standard InChI is InChI=1S/C16H30/c1-3-5-7-9-11-13-15-16-14-12-10-8-6-4-2/h11,13,15-16H,3-10,12,14H2,1-2H3/b13-11+,16-15+. The maximum Gasteiger partial charge on any atom is -0.0348 e. The second-order valence-corrected chi connectivity index (χ2v) is 4.55. The van der Waals surface area contributed by atoms with Crippen LogP contribution in [0.2, 0.25) is 0 Å². The molecule has 94 valence electrons. The molecule has 0 rings (SSSR count). The summed E-state index contributed by atoms with van der Waals surface area (Å²) in [7, 11) is 0. The first-order chi connectivity index (χ1) is 7.91. The van der Waals surface area contributed by atoms with E-state index in [0.717, 1.165) is 0 Å². The molecule has 0 bridgehead atoms. The van der Waals surface area contributed by atoms with Gasteiger partial charge in [-0.15, -0.1) is 0 Å². The quantitative estimate of drug-likeness (QED) is 0.295. The van der Waals surface area contributed by atoms with Crippen LogP contribution in [0, 0.1) is 0 Å². The molecule has 0 aromatic heterocycles. The maximum absolute atomic E-state index is 2.31. The Morgan fingerprint density at radius 3 is 1.56 bits per heavy atom. The molecule has 0 spiro atoms. The lowest BCUT2D eigenvalue weighted by molar-refractivity contribution is 0.637. The highest BCUT2D eigenvalue weighted by atomic mass is 13.9. The van der Waals surface area contributed by atoms with Gasteiger partial charge < -0.3 is 0 Å². The van der Waals surface area contributed by atoms with Gasteiger partial charge in [0.25, 0.3) is 0 Å². The Labute approximate surface area is 103 Å². The lowest BCUT2D eigenvalue weighted by atomic mass is 10.1. The van der Waals surface area contributed by atoms with Crippen LogP contribution in [0.3, 0.4) is 0 Å². The van der Waals surface area contributed by atoms with Crippen LogP contribution in [0.1, 0.15) is 78.1 Å². The van der Waals surface area contributed by atoms with E-state index in [1.54, 1.807) is 0 Å². The Morgan fingerprint density at radius 2 is 1.00 bits per heavy atom. The Hall–Kier alpha value is -0.520. The van der Waals surface area contributed by atoms with Crippen molar-refractivity contribution in [2.75, 3.05) is 0 Å². The summed E-state index contributed by atoms with van der Waals surface area (Å²) in [6, 6.07) is 0.